The van der Waals surface area contributed by atoms with Crippen LogP contribution in [0.1, 0.15) is 0 Å². The van der Waals surface area contributed by atoms with E-state index < -0.39 is 0 Å². The van der Waals surface area contributed by atoms with Crippen LogP contribution in [0.2, 0.25) is 0 Å². The average Bonchev–Trinajstić information content (AvgIpc) is 3.91. The van der Waals surface area contributed by atoms with Gasteiger partial charge in [-0.1, -0.05) is 170 Å². The Morgan fingerprint density at radius 1 is 0.302 bits per heavy atom. The van der Waals surface area contributed by atoms with Crippen LogP contribution in [-0.2, 0) is 0 Å². The molecule has 0 saturated carbocycles. The lowest BCUT2D eigenvalue weighted by Crippen LogP contribution is -2.09. The first-order chi connectivity index (χ1) is 31.2. The van der Waals surface area contributed by atoms with Crippen LogP contribution in [0.5, 0.6) is 0 Å². The molecule has 0 radical (unpaired) electrons. The summed E-state index contributed by atoms with van der Waals surface area (Å²) in [6, 6.07) is 87.0. The molecule has 0 saturated heterocycles. The largest absolute Gasteiger partial charge is 0.455 e. The summed E-state index contributed by atoms with van der Waals surface area (Å²) in [6.45, 7) is 0. The summed E-state index contributed by atoms with van der Waals surface area (Å²) in [6.07, 6.45) is 0. The number of benzene rings is 10. The maximum absolute atomic E-state index is 6.42. The summed E-state index contributed by atoms with van der Waals surface area (Å²) in [5.74, 6) is 0. The third-order valence-electron chi connectivity index (χ3n) is 12.4. The van der Waals surface area contributed by atoms with Crippen LogP contribution in [-0.4, -0.2) is 4.57 Å². The molecule has 2 aromatic heterocycles. The minimum Gasteiger partial charge on any atom is -0.455 e. The smallest absolute Gasteiger partial charge is 0.143 e. The highest BCUT2D eigenvalue weighted by Gasteiger charge is 2.17. The van der Waals surface area contributed by atoms with Gasteiger partial charge in [0.15, 0.2) is 0 Å². The molecule has 0 aliphatic heterocycles. The van der Waals surface area contributed by atoms with Crippen molar-refractivity contribution in [2.24, 2.45) is 0 Å². The molecule has 3 nitrogen and oxygen atoms in total. The lowest BCUT2D eigenvalue weighted by molar-refractivity contribution is 0.670. The van der Waals surface area contributed by atoms with Crippen molar-refractivity contribution in [2.45, 2.75) is 0 Å². The highest BCUT2D eigenvalue weighted by atomic mass is 16.3. The number of anilines is 3. The van der Waals surface area contributed by atoms with Crippen molar-refractivity contribution in [1.29, 1.82) is 0 Å². The molecule has 12 rings (SSSR count). The second-order valence-corrected chi connectivity index (χ2v) is 16.1. The predicted octanol–water partition coefficient (Wildman–Crippen LogP) is 16.8. The Hall–Kier alpha value is -8.40. The van der Waals surface area contributed by atoms with Gasteiger partial charge in [-0.15, -0.1) is 0 Å². The molecular weight excluding hydrogens is 765 g/mol. The molecule has 0 unspecified atom stereocenters. The molecule has 0 bridgehead atoms. The van der Waals surface area contributed by atoms with Crippen LogP contribution in [0.4, 0.5) is 17.1 Å². The molecule has 0 N–H and O–H groups in total. The summed E-state index contributed by atoms with van der Waals surface area (Å²) in [5, 5.41) is 4.80. The Balaban J connectivity index is 0.897. The highest BCUT2D eigenvalue weighted by molar-refractivity contribution is 6.10. The van der Waals surface area contributed by atoms with Crippen molar-refractivity contribution in [3.05, 3.63) is 243 Å². The number of aromatic nitrogens is 1. The zero-order valence-corrected chi connectivity index (χ0v) is 34.4. The van der Waals surface area contributed by atoms with Crippen molar-refractivity contribution in [2.75, 3.05) is 4.90 Å². The zero-order valence-electron chi connectivity index (χ0n) is 34.4. The van der Waals surface area contributed by atoms with Crippen LogP contribution in [0, 0.1) is 0 Å². The molecule has 0 aliphatic carbocycles. The number of para-hydroxylation sites is 4. The van der Waals surface area contributed by atoms with E-state index in [1.807, 2.05) is 12.1 Å². The second kappa shape index (κ2) is 15.3. The fourth-order valence-corrected chi connectivity index (χ4v) is 9.35. The fraction of sp³-hybridized carbons (Fsp3) is 0. The van der Waals surface area contributed by atoms with Crippen molar-refractivity contribution in [3.63, 3.8) is 0 Å². The molecule has 296 valence electrons. The standard InChI is InChI=1S/C60H40N2O/c1-2-13-41(14-3-1)42-27-33-48(34-28-42)61(49-35-29-43(30-36-49)45-15-10-17-47(39-45)52-22-12-23-56-55-21-6-9-26-59(55)63-60(52)56)50-37-31-44(32-38-50)46-16-11-18-51(40-46)62-57-24-7-4-19-53(57)54-20-5-8-25-58(54)62/h1-40H. The summed E-state index contributed by atoms with van der Waals surface area (Å²) < 4.78 is 8.80. The van der Waals surface area contributed by atoms with E-state index >= 15 is 0 Å². The number of fused-ring (bicyclic) bond motifs is 6. The molecule has 0 spiro atoms. The molecule has 0 amide bonds. The third kappa shape index (κ3) is 6.46. The van der Waals surface area contributed by atoms with Gasteiger partial charge in [0.25, 0.3) is 0 Å². The summed E-state index contributed by atoms with van der Waals surface area (Å²) >= 11 is 0. The van der Waals surface area contributed by atoms with E-state index in [4.69, 9.17) is 4.42 Å². The Labute approximate surface area is 366 Å². The normalized spacial score (nSPS) is 11.5. The number of furan rings is 1. The zero-order chi connectivity index (χ0) is 41.7. The van der Waals surface area contributed by atoms with E-state index in [9.17, 15) is 0 Å². The Bertz CT molecular complexity index is 3550. The van der Waals surface area contributed by atoms with Gasteiger partial charge in [0.1, 0.15) is 11.2 Å². The van der Waals surface area contributed by atoms with E-state index in [-0.39, 0.29) is 0 Å². The molecule has 2 heterocycles. The molecule has 0 aliphatic rings. The van der Waals surface area contributed by atoms with Gasteiger partial charge in [-0.25, -0.2) is 0 Å². The van der Waals surface area contributed by atoms with Gasteiger partial charge >= 0.3 is 0 Å². The lowest BCUT2D eigenvalue weighted by atomic mass is 9.97. The van der Waals surface area contributed by atoms with E-state index in [2.05, 4.69) is 240 Å². The minimum absolute atomic E-state index is 0.908. The quantitative estimate of drug-likeness (QED) is 0.153. The fourth-order valence-electron chi connectivity index (χ4n) is 9.35. The van der Waals surface area contributed by atoms with Gasteiger partial charge in [-0.05, 0) is 112 Å². The number of hydrogen-bond donors (Lipinski definition) is 0. The summed E-state index contributed by atoms with van der Waals surface area (Å²) in [5.41, 5.74) is 17.9. The van der Waals surface area contributed by atoms with Crippen LogP contribution in [0.3, 0.4) is 0 Å². The third-order valence-corrected chi connectivity index (χ3v) is 12.4. The molecule has 10 aromatic carbocycles. The summed E-state index contributed by atoms with van der Waals surface area (Å²) in [7, 11) is 0. The number of hydrogen-bond acceptors (Lipinski definition) is 2. The van der Waals surface area contributed by atoms with Crippen LogP contribution >= 0.6 is 0 Å². The van der Waals surface area contributed by atoms with Gasteiger partial charge in [0.2, 0.25) is 0 Å². The molecule has 63 heavy (non-hydrogen) atoms. The van der Waals surface area contributed by atoms with Crippen LogP contribution < -0.4 is 4.90 Å². The first-order valence-electron chi connectivity index (χ1n) is 21.5. The number of rotatable bonds is 8. The molecule has 3 heteroatoms. The Morgan fingerprint density at radius 3 is 1.38 bits per heavy atom. The van der Waals surface area contributed by atoms with E-state index in [0.29, 0.717) is 0 Å². The number of nitrogens with zero attached hydrogens (tertiary/aromatic N) is 2. The molecule has 0 atom stereocenters. The van der Waals surface area contributed by atoms with Gasteiger partial charge < -0.3 is 13.9 Å². The monoisotopic (exact) mass is 804 g/mol. The van der Waals surface area contributed by atoms with E-state index in [1.54, 1.807) is 0 Å². The van der Waals surface area contributed by atoms with Crippen molar-refractivity contribution in [1.82, 2.24) is 4.57 Å². The maximum atomic E-state index is 6.42. The molecule has 0 fully saturated rings. The SMILES string of the molecule is c1ccc(-c2ccc(N(c3ccc(-c4cccc(-c5cccc6c5oc5ccccc56)c4)cc3)c3ccc(-c4cccc(-n5c6ccccc6c6ccccc65)c4)cc3)cc2)cc1. The topological polar surface area (TPSA) is 21.3 Å². The van der Waals surface area contributed by atoms with Crippen molar-refractivity contribution >= 4 is 60.8 Å². The summed E-state index contributed by atoms with van der Waals surface area (Å²) in [4.78, 5) is 2.34. The van der Waals surface area contributed by atoms with Gasteiger partial charge in [-0.3, -0.25) is 0 Å². The van der Waals surface area contributed by atoms with Gasteiger partial charge in [0.05, 0.1) is 11.0 Å². The predicted molar refractivity (Wildman–Crippen MR) is 264 cm³/mol. The molecule has 12 aromatic rings. The van der Waals surface area contributed by atoms with Crippen LogP contribution in [0.25, 0.3) is 93.9 Å². The van der Waals surface area contributed by atoms with Crippen molar-refractivity contribution in [3.8, 4) is 50.2 Å². The average molecular weight is 805 g/mol. The van der Waals surface area contributed by atoms with Crippen molar-refractivity contribution < 1.29 is 4.42 Å². The first kappa shape index (κ1) is 36.5. The Morgan fingerprint density at radius 2 is 0.746 bits per heavy atom. The van der Waals surface area contributed by atoms with Crippen LogP contribution in [0.15, 0.2) is 247 Å². The Kier molecular flexibility index (Phi) is 8.83. The lowest BCUT2D eigenvalue weighted by Gasteiger charge is -2.26. The van der Waals surface area contributed by atoms with E-state index in [1.165, 1.54) is 38.5 Å². The molecular formula is C60H40N2O. The highest BCUT2D eigenvalue weighted by Crippen LogP contribution is 2.40. The first-order valence-corrected chi connectivity index (χ1v) is 21.5. The van der Waals surface area contributed by atoms with Gasteiger partial charge in [-0.2, -0.15) is 0 Å². The van der Waals surface area contributed by atoms with Gasteiger partial charge in [0, 0.05) is 49.9 Å². The maximum Gasteiger partial charge on any atom is 0.143 e. The second-order valence-electron chi connectivity index (χ2n) is 16.1. The van der Waals surface area contributed by atoms with E-state index in [0.717, 1.165) is 72.5 Å². The minimum atomic E-state index is 0.908.